The third-order valence-electron chi connectivity index (χ3n) is 6.76. The number of aryl methyl sites for hydroxylation is 1. The van der Waals surface area contributed by atoms with Gasteiger partial charge in [-0.3, -0.25) is 4.79 Å². The van der Waals surface area contributed by atoms with E-state index in [0.717, 1.165) is 35.0 Å². The lowest BCUT2D eigenvalue weighted by atomic mass is 9.86. The first-order valence-electron chi connectivity index (χ1n) is 12.4. The first-order valence-corrected chi connectivity index (χ1v) is 12.4. The molecule has 1 aliphatic carbocycles. The van der Waals surface area contributed by atoms with Crippen molar-refractivity contribution in [1.29, 1.82) is 0 Å². The highest BCUT2D eigenvalue weighted by molar-refractivity contribution is 6.03. The molecule has 1 unspecified atom stereocenters. The Labute approximate surface area is 207 Å². The number of nitrogens with one attached hydrogen (secondary N) is 1. The number of carbonyl (C=O) groups is 1. The van der Waals surface area contributed by atoms with Crippen molar-refractivity contribution in [2.24, 2.45) is 11.7 Å². The molecule has 5 heteroatoms. The lowest BCUT2D eigenvalue weighted by molar-refractivity contribution is 0.101. The number of carbonyl (C=O) groups excluding carboxylic acids is 1. The van der Waals surface area contributed by atoms with E-state index >= 15 is 0 Å². The fourth-order valence-corrected chi connectivity index (χ4v) is 4.72. The summed E-state index contributed by atoms with van der Waals surface area (Å²) in [5.74, 6) is 1.01. The van der Waals surface area contributed by atoms with Crippen molar-refractivity contribution < 1.29 is 4.79 Å². The molecule has 1 aromatic heterocycles. The molecule has 5 nitrogen and oxygen atoms in total. The zero-order valence-electron chi connectivity index (χ0n) is 20.2. The molecule has 1 amide bonds. The fraction of sp³-hybridized carbons (Fsp3) is 0.267. The van der Waals surface area contributed by atoms with Crippen LogP contribution in [0.25, 0.3) is 5.69 Å². The van der Waals surface area contributed by atoms with Gasteiger partial charge in [-0.25, -0.2) is 4.68 Å². The summed E-state index contributed by atoms with van der Waals surface area (Å²) in [6.45, 7) is 2.33. The lowest BCUT2D eigenvalue weighted by Crippen LogP contribution is -2.17. The van der Waals surface area contributed by atoms with Crippen LogP contribution in [0.1, 0.15) is 64.5 Å². The van der Waals surface area contributed by atoms with Gasteiger partial charge in [-0.1, -0.05) is 67.4 Å². The van der Waals surface area contributed by atoms with E-state index in [-0.39, 0.29) is 5.91 Å². The molecule has 0 bridgehead atoms. The standard InChI is InChI=1S/C30H32N4O/c1-21-17-29(34(33-21)27-12-5-7-23(18-27)20-31)30(35)32-26-11-6-10-25(19-26)28(16-15-22-13-14-22)24-8-3-2-4-9-24/h2-12,17-19,22,28H,13-16,20,31H2,1H3,(H,32,35). The van der Waals surface area contributed by atoms with Gasteiger partial charge in [0.1, 0.15) is 5.69 Å². The molecule has 178 valence electrons. The normalized spacial score (nSPS) is 14.0. The predicted octanol–water partition coefficient (Wildman–Crippen LogP) is 6.21. The molecule has 0 spiro atoms. The van der Waals surface area contributed by atoms with Crippen LogP contribution in [-0.2, 0) is 6.54 Å². The van der Waals surface area contributed by atoms with E-state index in [0.29, 0.717) is 18.2 Å². The SMILES string of the molecule is Cc1cc(C(=O)Nc2cccc(C(CCC3CC3)c3ccccc3)c2)n(-c2cccc(CN)c2)n1. The smallest absolute Gasteiger partial charge is 0.274 e. The van der Waals surface area contributed by atoms with Crippen LogP contribution in [0.2, 0.25) is 0 Å². The molecular formula is C30H32N4O. The first-order chi connectivity index (χ1) is 17.1. The van der Waals surface area contributed by atoms with Crippen molar-refractivity contribution in [2.75, 3.05) is 5.32 Å². The van der Waals surface area contributed by atoms with Gasteiger partial charge >= 0.3 is 0 Å². The number of amides is 1. The summed E-state index contributed by atoms with van der Waals surface area (Å²) in [5.41, 5.74) is 12.3. The van der Waals surface area contributed by atoms with E-state index in [4.69, 9.17) is 5.73 Å². The molecule has 5 rings (SSSR count). The number of nitrogens with two attached hydrogens (primary N) is 1. The molecule has 35 heavy (non-hydrogen) atoms. The van der Waals surface area contributed by atoms with Crippen LogP contribution >= 0.6 is 0 Å². The van der Waals surface area contributed by atoms with Gasteiger partial charge in [-0.2, -0.15) is 5.10 Å². The Balaban J connectivity index is 1.40. The third-order valence-corrected chi connectivity index (χ3v) is 6.76. The highest BCUT2D eigenvalue weighted by Crippen LogP contribution is 2.39. The second-order valence-corrected chi connectivity index (χ2v) is 9.52. The molecule has 1 fully saturated rings. The average Bonchev–Trinajstić information content (AvgIpc) is 3.63. The summed E-state index contributed by atoms with van der Waals surface area (Å²) in [4.78, 5) is 13.4. The molecule has 1 aliphatic rings. The Morgan fingerprint density at radius 2 is 1.77 bits per heavy atom. The van der Waals surface area contributed by atoms with Crippen LogP contribution in [0.3, 0.4) is 0 Å². The monoisotopic (exact) mass is 464 g/mol. The summed E-state index contributed by atoms with van der Waals surface area (Å²) < 4.78 is 1.69. The van der Waals surface area contributed by atoms with Gasteiger partial charge in [-0.15, -0.1) is 0 Å². The predicted molar refractivity (Wildman–Crippen MR) is 141 cm³/mol. The molecule has 1 saturated carbocycles. The van der Waals surface area contributed by atoms with Gasteiger partial charge in [0.05, 0.1) is 11.4 Å². The molecule has 0 aliphatic heterocycles. The highest BCUT2D eigenvalue weighted by atomic mass is 16.2. The summed E-state index contributed by atoms with van der Waals surface area (Å²) >= 11 is 0. The topological polar surface area (TPSA) is 72.9 Å². The molecule has 1 heterocycles. The minimum absolute atomic E-state index is 0.185. The minimum Gasteiger partial charge on any atom is -0.326 e. The van der Waals surface area contributed by atoms with Crippen molar-refractivity contribution in [3.8, 4) is 5.69 Å². The van der Waals surface area contributed by atoms with Crippen LogP contribution < -0.4 is 11.1 Å². The van der Waals surface area contributed by atoms with Crippen LogP contribution in [0.5, 0.6) is 0 Å². The van der Waals surface area contributed by atoms with Crippen LogP contribution in [0.4, 0.5) is 5.69 Å². The molecule has 1 atom stereocenters. The molecule has 0 radical (unpaired) electrons. The minimum atomic E-state index is -0.185. The zero-order chi connectivity index (χ0) is 24.2. The van der Waals surface area contributed by atoms with E-state index in [9.17, 15) is 4.79 Å². The number of nitrogens with zero attached hydrogens (tertiary/aromatic N) is 2. The summed E-state index contributed by atoms with van der Waals surface area (Å²) in [6.07, 6.45) is 5.09. The van der Waals surface area contributed by atoms with Gasteiger partial charge in [0.25, 0.3) is 5.91 Å². The van der Waals surface area contributed by atoms with Gasteiger partial charge in [0.15, 0.2) is 0 Å². The maximum Gasteiger partial charge on any atom is 0.274 e. The fourth-order valence-electron chi connectivity index (χ4n) is 4.72. The second-order valence-electron chi connectivity index (χ2n) is 9.52. The van der Waals surface area contributed by atoms with E-state index in [2.05, 4.69) is 52.9 Å². The highest BCUT2D eigenvalue weighted by Gasteiger charge is 2.24. The average molecular weight is 465 g/mol. The van der Waals surface area contributed by atoms with Crippen molar-refractivity contribution in [3.63, 3.8) is 0 Å². The Hall–Kier alpha value is -3.70. The van der Waals surface area contributed by atoms with Crippen LogP contribution in [-0.4, -0.2) is 15.7 Å². The Morgan fingerprint density at radius 3 is 2.54 bits per heavy atom. The lowest BCUT2D eigenvalue weighted by Gasteiger charge is -2.19. The molecule has 3 N–H and O–H groups in total. The summed E-state index contributed by atoms with van der Waals surface area (Å²) in [6, 6.07) is 28.6. The Kier molecular flexibility index (Phi) is 6.77. The maximum atomic E-state index is 13.4. The number of hydrogen-bond donors (Lipinski definition) is 2. The number of rotatable bonds is 9. The van der Waals surface area contributed by atoms with Crippen molar-refractivity contribution in [2.45, 2.75) is 45.1 Å². The first kappa shape index (κ1) is 23.1. The van der Waals surface area contributed by atoms with Gasteiger partial charge in [0, 0.05) is 18.2 Å². The van der Waals surface area contributed by atoms with Gasteiger partial charge in [-0.05, 0) is 72.7 Å². The Morgan fingerprint density at radius 1 is 1.00 bits per heavy atom. The van der Waals surface area contributed by atoms with Crippen molar-refractivity contribution in [1.82, 2.24) is 9.78 Å². The third kappa shape index (κ3) is 5.52. The van der Waals surface area contributed by atoms with E-state index < -0.39 is 0 Å². The van der Waals surface area contributed by atoms with Crippen LogP contribution in [0, 0.1) is 12.8 Å². The number of anilines is 1. The number of benzene rings is 3. The van der Waals surface area contributed by atoms with Crippen molar-refractivity contribution in [3.05, 3.63) is 113 Å². The largest absolute Gasteiger partial charge is 0.326 e. The molecular weight excluding hydrogens is 432 g/mol. The molecule has 4 aromatic rings. The van der Waals surface area contributed by atoms with E-state index in [1.165, 1.54) is 30.4 Å². The zero-order valence-corrected chi connectivity index (χ0v) is 20.2. The second kappa shape index (κ2) is 10.3. The van der Waals surface area contributed by atoms with Gasteiger partial charge < -0.3 is 11.1 Å². The molecule has 3 aromatic carbocycles. The van der Waals surface area contributed by atoms with E-state index in [1.54, 1.807) is 4.68 Å². The van der Waals surface area contributed by atoms with Crippen molar-refractivity contribution >= 4 is 11.6 Å². The van der Waals surface area contributed by atoms with Gasteiger partial charge in [0.2, 0.25) is 0 Å². The summed E-state index contributed by atoms with van der Waals surface area (Å²) in [5, 5.41) is 7.68. The Bertz CT molecular complexity index is 1310. The van der Waals surface area contributed by atoms with E-state index in [1.807, 2.05) is 49.4 Å². The number of hydrogen-bond acceptors (Lipinski definition) is 3. The number of aromatic nitrogens is 2. The molecule has 0 saturated heterocycles. The summed E-state index contributed by atoms with van der Waals surface area (Å²) in [7, 11) is 0. The quantitative estimate of drug-likeness (QED) is 0.309. The maximum absolute atomic E-state index is 13.4. The van der Waals surface area contributed by atoms with Crippen LogP contribution in [0.15, 0.2) is 84.9 Å².